The summed E-state index contributed by atoms with van der Waals surface area (Å²) in [6.45, 7) is 0. The fourth-order valence-corrected chi connectivity index (χ4v) is 3.25. The second-order valence-corrected chi connectivity index (χ2v) is 6.89. The van der Waals surface area contributed by atoms with E-state index in [0.29, 0.717) is 11.1 Å². The van der Waals surface area contributed by atoms with Gasteiger partial charge in [-0.2, -0.15) is 0 Å². The maximum atomic E-state index is 12.3. The summed E-state index contributed by atoms with van der Waals surface area (Å²) in [5.41, 5.74) is 18.8. The average molecular weight is 352 g/mol. The molecule has 1 saturated carbocycles. The number of benzene rings is 2. The van der Waals surface area contributed by atoms with Crippen LogP contribution in [0.25, 0.3) is 11.0 Å². The van der Waals surface area contributed by atoms with E-state index in [1.54, 1.807) is 28.8 Å². The van der Waals surface area contributed by atoms with Gasteiger partial charge in [0.2, 0.25) is 5.91 Å². The van der Waals surface area contributed by atoms with E-state index in [1.165, 1.54) is 19.3 Å². The molecule has 0 radical (unpaired) electrons. The first-order valence-electron chi connectivity index (χ1n) is 8.79. The fourth-order valence-electron chi connectivity index (χ4n) is 3.25. The molecular weight excluding hydrogens is 328 g/mol. The van der Waals surface area contributed by atoms with Crippen LogP contribution >= 0.6 is 0 Å². The van der Waals surface area contributed by atoms with Gasteiger partial charge in [0.05, 0.1) is 5.66 Å². The Morgan fingerprint density at radius 2 is 1.23 bits per heavy atom. The Hall–Kier alpha value is -2.70. The lowest BCUT2D eigenvalue weighted by molar-refractivity contribution is 0.0965. The normalized spacial score (nSPS) is 16.1. The number of primary amides is 1. The van der Waals surface area contributed by atoms with Gasteiger partial charge in [-0.1, -0.05) is 19.3 Å². The maximum absolute atomic E-state index is 12.3. The second kappa shape index (κ2) is 7.27. The fraction of sp³-hybridized carbons (Fsp3) is 0.300. The molecule has 0 atom stereocenters. The third kappa shape index (κ3) is 3.92. The first kappa shape index (κ1) is 18.1. The van der Waals surface area contributed by atoms with Crippen molar-refractivity contribution in [3.63, 3.8) is 0 Å². The van der Waals surface area contributed by atoms with Gasteiger partial charge in [-0.25, -0.2) is 0 Å². The standard InChI is InChI=1S/C14H10N2O2.C6H14N2/c15-13(17)9-1-3-10(4-2-9)14(18)16-11-5-6-12(16)8-7-11;7-6(8)4-2-1-3-5-6/h1-8H,(H2,15,17);1-5,7-8H2. The summed E-state index contributed by atoms with van der Waals surface area (Å²) in [7, 11) is 0. The summed E-state index contributed by atoms with van der Waals surface area (Å²) in [5.74, 6) is -0.603. The first-order chi connectivity index (χ1) is 12.4. The van der Waals surface area contributed by atoms with Crippen LogP contribution in [0.15, 0.2) is 48.5 Å². The van der Waals surface area contributed by atoms with E-state index in [2.05, 4.69) is 0 Å². The van der Waals surface area contributed by atoms with Crippen LogP contribution < -0.4 is 17.2 Å². The van der Waals surface area contributed by atoms with Gasteiger partial charge in [-0.05, 0) is 61.4 Å². The van der Waals surface area contributed by atoms with Crippen molar-refractivity contribution >= 4 is 22.8 Å². The van der Waals surface area contributed by atoms with Crippen LogP contribution in [0.2, 0.25) is 0 Å². The molecule has 1 aliphatic carbocycles. The highest BCUT2D eigenvalue weighted by molar-refractivity contribution is 6.03. The van der Waals surface area contributed by atoms with Gasteiger partial charge in [0, 0.05) is 22.2 Å². The first-order valence-corrected chi connectivity index (χ1v) is 8.79. The minimum absolute atomic E-state index is 0.106. The molecule has 1 amide bonds. The van der Waals surface area contributed by atoms with Crippen molar-refractivity contribution in [2.45, 2.75) is 37.8 Å². The monoisotopic (exact) mass is 352 g/mol. The molecular formula is C20H24N4O2. The molecule has 6 heteroatoms. The summed E-state index contributed by atoms with van der Waals surface area (Å²) in [6.07, 6.45) is 5.76. The molecule has 2 heterocycles. The predicted octanol–water partition coefficient (Wildman–Crippen LogP) is 2.43. The highest BCUT2D eigenvalue weighted by Crippen LogP contribution is 2.21. The summed E-state index contributed by atoms with van der Waals surface area (Å²) in [4.78, 5) is 23.2. The highest BCUT2D eigenvalue weighted by Gasteiger charge is 2.21. The third-order valence-corrected chi connectivity index (χ3v) is 4.77. The Kier molecular flexibility index (Phi) is 5.06. The van der Waals surface area contributed by atoms with Crippen LogP contribution in [-0.4, -0.2) is 22.0 Å². The Balaban J connectivity index is 0.000000206. The lowest BCUT2D eigenvalue weighted by atomic mass is 9.91. The van der Waals surface area contributed by atoms with Gasteiger partial charge in [0.1, 0.15) is 0 Å². The number of amides is 1. The zero-order valence-electron chi connectivity index (χ0n) is 14.7. The van der Waals surface area contributed by atoms with Gasteiger partial charge in [-0.15, -0.1) is 0 Å². The minimum Gasteiger partial charge on any atom is -0.366 e. The number of carbonyl (C=O) groups excluding carboxylic acids is 2. The van der Waals surface area contributed by atoms with Crippen molar-refractivity contribution < 1.29 is 9.59 Å². The minimum atomic E-state index is -0.498. The zero-order valence-corrected chi connectivity index (χ0v) is 14.7. The third-order valence-electron chi connectivity index (χ3n) is 4.77. The van der Waals surface area contributed by atoms with Gasteiger partial charge < -0.3 is 17.2 Å². The van der Waals surface area contributed by atoms with Gasteiger partial charge in [-0.3, -0.25) is 14.2 Å². The summed E-state index contributed by atoms with van der Waals surface area (Å²) in [6, 6.07) is 13.9. The second-order valence-electron chi connectivity index (χ2n) is 6.89. The number of hydrogen-bond donors (Lipinski definition) is 3. The summed E-state index contributed by atoms with van der Waals surface area (Å²) in [5, 5.41) is 0. The molecule has 1 aromatic carbocycles. The van der Waals surface area contributed by atoms with Crippen LogP contribution in [-0.2, 0) is 0 Å². The number of hydrogen-bond acceptors (Lipinski definition) is 4. The predicted molar refractivity (Wildman–Crippen MR) is 102 cm³/mol. The molecule has 6 N–H and O–H groups in total. The van der Waals surface area contributed by atoms with E-state index in [4.69, 9.17) is 17.2 Å². The number of carbonyl (C=O) groups is 2. The van der Waals surface area contributed by atoms with Crippen LogP contribution in [0.1, 0.15) is 52.8 Å². The zero-order chi connectivity index (χ0) is 18.7. The molecule has 0 saturated heterocycles. The van der Waals surface area contributed by atoms with Crippen LogP contribution in [0, 0.1) is 0 Å². The van der Waals surface area contributed by atoms with E-state index in [9.17, 15) is 9.59 Å². The molecule has 2 aromatic heterocycles. The summed E-state index contributed by atoms with van der Waals surface area (Å²) >= 11 is 0. The highest BCUT2D eigenvalue weighted by atomic mass is 16.2. The molecule has 1 aliphatic rings. The van der Waals surface area contributed by atoms with Crippen molar-refractivity contribution in [2.24, 2.45) is 17.2 Å². The molecule has 4 rings (SSSR count). The molecule has 2 bridgehead atoms. The van der Waals surface area contributed by atoms with E-state index < -0.39 is 5.91 Å². The van der Waals surface area contributed by atoms with E-state index >= 15 is 0 Å². The van der Waals surface area contributed by atoms with Crippen LogP contribution in [0.3, 0.4) is 0 Å². The molecule has 26 heavy (non-hydrogen) atoms. The largest absolute Gasteiger partial charge is 0.366 e. The van der Waals surface area contributed by atoms with Crippen molar-refractivity contribution in [3.8, 4) is 0 Å². The van der Waals surface area contributed by atoms with E-state index in [0.717, 1.165) is 23.9 Å². The molecule has 3 aromatic rings. The number of aromatic nitrogens is 1. The quantitative estimate of drug-likeness (QED) is 0.614. The Bertz CT molecular complexity index is 840. The molecule has 0 unspecified atom stereocenters. The van der Waals surface area contributed by atoms with Crippen molar-refractivity contribution in [2.75, 3.05) is 0 Å². The number of nitrogens with zero attached hydrogens (tertiary/aromatic N) is 1. The number of nitrogens with two attached hydrogens (primary N) is 3. The molecule has 0 spiro atoms. The Morgan fingerprint density at radius 1 is 0.769 bits per heavy atom. The Labute approximate surface area is 152 Å². The topological polar surface area (TPSA) is 117 Å². The number of fused-ring (bicyclic) bond motifs is 2. The SMILES string of the molecule is NC(=O)c1ccc(C(=O)n2c3ccc2cc3)cc1.NC1(N)CCCCC1. The van der Waals surface area contributed by atoms with Crippen molar-refractivity contribution in [3.05, 3.63) is 59.7 Å². The summed E-state index contributed by atoms with van der Waals surface area (Å²) < 4.78 is 1.64. The lowest BCUT2D eigenvalue weighted by Gasteiger charge is -2.28. The van der Waals surface area contributed by atoms with Crippen molar-refractivity contribution in [1.82, 2.24) is 4.57 Å². The maximum Gasteiger partial charge on any atom is 0.262 e. The molecule has 136 valence electrons. The van der Waals surface area contributed by atoms with Gasteiger partial charge in [0.15, 0.2) is 0 Å². The van der Waals surface area contributed by atoms with E-state index in [-0.39, 0.29) is 11.6 Å². The van der Waals surface area contributed by atoms with Crippen molar-refractivity contribution in [1.29, 1.82) is 0 Å². The van der Waals surface area contributed by atoms with Crippen LogP contribution in [0.5, 0.6) is 0 Å². The van der Waals surface area contributed by atoms with Gasteiger partial charge >= 0.3 is 0 Å². The van der Waals surface area contributed by atoms with Gasteiger partial charge in [0.25, 0.3) is 5.91 Å². The average Bonchev–Trinajstić information content (AvgIpc) is 3.22. The molecule has 6 nitrogen and oxygen atoms in total. The molecule has 1 fully saturated rings. The number of rotatable bonds is 2. The van der Waals surface area contributed by atoms with Crippen LogP contribution in [0.4, 0.5) is 0 Å². The smallest absolute Gasteiger partial charge is 0.262 e. The molecule has 0 aliphatic heterocycles. The Morgan fingerprint density at radius 3 is 1.62 bits per heavy atom. The lowest BCUT2D eigenvalue weighted by Crippen LogP contribution is -2.50. The van der Waals surface area contributed by atoms with E-state index in [1.807, 2.05) is 24.3 Å².